The van der Waals surface area contributed by atoms with Crippen LogP contribution in [0.15, 0.2) is 0 Å². The van der Waals surface area contributed by atoms with Crippen LogP contribution in [0.5, 0.6) is 0 Å². The third-order valence-corrected chi connectivity index (χ3v) is 6.23. The second-order valence-corrected chi connectivity index (χ2v) is 7.55. The van der Waals surface area contributed by atoms with Crippen LogP contribution in [0, 0.1) is 23.2 Å². The summed E-state index contributed by atoms with van der Waals surface area (Å²) in [6.07, 6.45) is 12.0. The molecule has 0 heterocycles. The minimum absolute atomic E-state index is 0.342. The van der Waals surface area contributed by atoms with Crippen molar-refractivity contribution in [1.82, 2.24) is 0 Å². The number of carboxylic acids is 2. The zero-order chi connectivity index (χ0) is 16.9. The molecule has 0 aromatic heterocycles. The summed E-state index contributed by atoms with van der Waals surface area (Å²) < 4.78 is 0. The molecule has 0 aromatic carbocycles. The van der Waals surface area contributed by atoms with Gasteiger partial charge >= 0.3 is 11.9 Å². The van der Waals surface area contributed by atoms with Crippen LogP contribution in [0.25, 0.3) is 0 Å². The Hall–Kier alpha value is -1.06. The largest absolute Gasteiger partial charge is 0.481 e. The van der Waals surface area contributed by atoms with Crippen LogP contribution in [-0.2, 0) is 9.59 Å². The van der Waals surface area contributed by atoms with Crippen molar-refractivity contribution < 1.29 is 19.8 Å². The maximum atomic E-state index is 12.3. The molecule has 0 aliphatic heterocycles. The number of rotatable bonds is 7. The van der Waals surface area contributed by atoms with Gasteiger partial charge in [0.25, 0.3) is 0 Å². The smallest absolute Gasteiger partial charge is 0.309 e. The number of carboxylic acid groups (broad SMARTS) is 2. The minimum Gasteiger partial charge on any atom is -0.481 e. The molecule has 0 amide bonds. The number of carbonyl (C=O) groups is 2. The first-order valence-corrected chi connectivity index (χ1v) is 9.30. The molecule has 0 bridgehead atoms. The fourth-order valence-corrected chi connectivity index (χ4v) is 4.99. The van der Waals surface area contributed by atoms with Crippen molar-refractivity contribution in [2.24, 2.45) is 16.7 Å². The van der Waals surface area contributed by atoms with Crippen molar-refractivity contribution in [2.45, 2.75) is 84.0 Å². The Morgan fingerprint density at radius 2 is 1.26 bits per heavy atom. The second-order valence-electron chi connectivity index (χ2n) is 7.55. The summed E-state index contributed by atoms with van der Waals surface area (Å²) in [7, 11) is 0. The predicted octanol–water partition coefficient (Wildman–Crippen LogP) is 4.68. The Balaban J connectivity index is 2.44. The maximum absolute atomic E-state index is 12.3. The van der Waals surface area contributed by atoms with E-state index in [2.05, 4.69) is 13.3 Å². The van der Waals surface area contributed by atoms with E-state index in [4.69, 9.17) is 0 Å². The Bertz CT molecular complexity index is 381. The van der Waals surface area contributed by atoms with E-state index in [1.807, 2.05) is 0 Å². The fourth-order valence-electron chi connectivity index (χ4n) is 4.99. The third-order valence-electron chi connectivity index (χ3n) is 6.23. The number of aliphatic carboxylic acids is 2. The molecular formula is C19H31O4. The standard InChI is InChI=1S/C19H31O4/c1-2-3-10-15(18(16(20)21)11-6-4-7-12-18)19(17(22)23)13-8-5-9-14-19/h10,15H,2-9,11-14H2,1H3,(H,20,21)(H,22,23). The summed E-state index contributed by atoms with van der Waals surface area (Å²) in [6.45, 7) is 2.07. The lowest BCUT2D eigenvalue weighted by Crippen LogP contribution is -2.53. The zero-order valence-corrected chi connectivity index (χ0v) is 14.4. The molecular weight excluding hydrogens is 292 g/mol. The van der Waals surface area contributed by atoms with Crippen molar-refractivity contribution in [3.8, 4) is 0 Å². The van der Waals surface area contributed by atoms with Crippen molar-refractivity contribution in [3.05, 3.63) is 6.42 Å². The zero-order valence-electron chi connectivity index (χ0n) is 14.4. The Morgan fingerprint density at radius 3 is 1.57 bits per heavy atom. The van der Waals surface area contributed by atoms with Gasteiger partial charge in [0.1, 0.15) is 0 Å². The average Bonchev–Trinajstić information content (AvgIpc) is 2.56. The lowest BCUT2D eigenvalue weighted by Gasteiger charge is -2.50. The first-order valence-electron chi connectivity index (χ1n) is 9.30. The first-order chi connectivity index (χ1) is 11.0. The van der Waals surface area contributed by atoms with Gasteiger partial charge in [-0.3, -0.25) is 9.59 Å². The lowest BCUT2D eigenvalue weighted by molar-refractivity contribution is -0.170. The maximum Gasteiger partial charge on any atom is 0.309 e. The number of hydrogen-bond donors (Lipinski definition) is 2. The predicted molar refractivity (Wildman–Crippen MR) is 89.0 cm³/mol. The molecule has 131 valence electrons. The molecule has 2 N–H and O–H groups in total. The molecule has 2 fully saturated rings. The minimum atomic E-state index is -0.872. The summed E-state index contributed by atoms with van der Waals surface area (Å²) in [4.78, 5) is 24.6. The molecule has 4 nitrogen and oxygen atoms in total. The van der Waals surface area contributed by atoms with Gasteiger partial charge in [0.2, 0.25) is 0 Å². The van der Waals surface area contributed by atoms with E-state index in [9.17, 15) is 19.8 Å². The molecule has 0 spiro atoms. The van der Waals surface area contributed by atoms with E-state index in [1.54, 1.807) is 0 Å². The highest BCUT2D eigenvalue weighted by atomic mass is 16.4. The molecule has 2 saturated carbocycles. The van der Waals surface area contributed by atoms with Gasteiger partial charge in [-0.05, 0) is 38.0 Å². The van der Waals surface area contributed by atoms with E-state index < -0.39 is 22.8 Å². The first kappa shape index (κ1) is 18.3. The Kier molecular flexibility index (Phi) is 6.10. The quantitative estimate of drug-likeness (QED) is 0.713. The average molecular weight is 323 g/mol. The molecule has 4 heteroatoms. The van der Waals surface area contributed by atoms with E-state index in [-0.39, 0.29) is 5.92 Å². The molecule has 1 radical (unpaired) electrons. The highest BCUT2D eigenvalue weighted by Crippen LogP contribution is 2.56. The van der Waals surface area contributed by atoms with Gasteiger partial charge in [0, 0.05) is 0 Å². The van der Waals surface area contributed by atoms with E-state index in [0.717, 1.165) is 51.4 Å². The van der Waals surface area contributed by atoms with Gasteiger partial charge in [-0.1, -0.05) is 58.3 Å². The van der Waals surface area contributed by atoms with Crippen LogP contribution in [0.1, 0.15) is 84.0 Å². The van der Waals surface area contributed by atoms with Crippen LogP contribution < -0.4 is 0 Å². The Morgan fingerprint density at radius 1 is 0.870 bits per heavy atom. The summed E-state index contributed by atoms with van der Waals surface area (Å²) >= 11 is 0. The summed E-state index contributed by atoms with van der Waals surface area (Å²) in [5, 5.41) is 20.1. The fraction of sp³-hybridized carbons (Fsp3) is 0.842. The summed E-state index contributed by atoms with van der Waals surface area (Å²) in [5.41, 5.74) is -1.74. The summed E-state index contributed by atoms with van der Waals surface area (Å²) in [5.74, 6) is -1.90. The highest BCUT2D eigenvalue weighted by Gasteiger charge is 2.58. The van der Waals surface area contributed by atoms with Crippen molar-refractivity contribution in [3.63, 3.8) is 0 Å². The van der Waals surface area contributed by atoms with Crippen LogP contribution in [0.2, 0.25) is 0 Å². The van der Waals surface area contributed by atoms with Crippen LogP contribution >= 0.6 is 0 Å². The molecule has 0 saturated heterocycles. The van der Waals surface area contributed by atoms with Gasteiger partial charge in [-0.2, -0.15) is 0 Å². The lowest BCUT2D eigenvalue weighted by atomic mass is 9.52. The molecule has 0 atom stereocenters. The topological polar surface area (TPSA) is 74.6 Å². The molecule has 2 aliphatic rings. The summed E-state index contributed by atoms with van der Waals surface area (Å²) in [6, 6.07) is 0. The van der Waals surface area contributed by atoms with Gasteiger partial charge in [0.05, 0.1) is 10.8 Å². The van der Waals surface area contributed by atoms with E-state index in [0.29, 0.717) is 25.7 Å². The Labute approximate surface area is 139 Å². The van der Waals surface area contributed by atoms with Crippen LogP contribution in [-0.4, -0.2) is 22.2 Å². The molecule has 0 unspecified atom stereocenters. The van der Waals surface area contributed by atoms with Crippen molar-refractivity contribution >= 4 is 11.9 Å². The third kappa shape index (κ3) is 3.41. The molecule has 2 aliphatic carbocycles. The van der Waals surface area contributed by atoms with Gasteiger partial charge < -0.3 is 10.2 Å². The van der Waals surface area contributed by atoms with Crippen LogP contribution in [0.4, 0.5) is 0 Å². The molecule has 0 aromatic rings. The normalized spacial score (nSPS) is 23.6. The SMILES string of the molecule is CCC[CH]C(C1(C(=O)O)CCCCC1)C1(C(=O)O)CCCCC1. The molecule has 23 heavy (non-hydrogen) atoms. The van der Waals surface area contributed by atoms with Gasteiger partial charge in [-0.25, -0.2) is 0 Å². The van der Waals surface area contributed by atoms with Gasteiger partial charge in [0.15, 0.2) is 0 Å². The van der Waals surface area contributed by atoms with Crippen LogP contribution in [0.3, 0.4) is 0 Å². The number of unbranched alkanes of at least 4 members (excludes halogenated alkanes) is 1. The van der Waals surface area contributed by atoms with E-state index in [1.165, 1.54) is 0 Å². The molecule has 2 rings (SSSR count). The second kappa shape index (κ2) is 7.67. The van der Waals surface area contributed by atoms with E-state index >= 15 is 0 Å². The highest BCUT2D eigenvalue weighted by molar-refractivity contribution is 5.80. The number of hydrogen-bond acceptors (Lipinski definition) is 2. The monoisotopic (exact) mass is 323 g/mol. The van der Waals surface area contributed by atoms with Crippen molar-refractivity contribution in [1.29, 1.82) is 0 Å². The van der Waals surface area contributed by atoms with Crippen molar-refractivity contribution in [2.75, 3.05) is 0 Å². The van der Waals surface area contributed by atoms with Gasteiger partial charge in [-0.15, -0.1) is 0 Å².